The molecule has 0 unspecified atom stereocenters. The van der Waals surface area contributed by atoms with E-state index >= 15 is 0 Å². The number of Topliss-reactive ketones (excluding diaryl/α,β-unsaturated/α-hetero) is 1. The lowest BCUT2D eigenvalue weighted by Crippen LogP contribution is -2.08. The van der Waals surface area contributed by atoms with Crippen LogP contribution < -0.4 is 0 Å². The number of rotatable bonds is 3. The molecule has 0 aromatic carbocycles. The second-order valence-corrected chi connectivity index (χ2v) is 1.52. The Morgan fingerprint density at radius 1 is 1.56 bits per heavy atom. The third-order valence-electron chi connectivity index (χ3n) is 0.619. The van der Waals surface area contributed by atoms with Crippen molar-refractivity contribution in [2.75, 3.05) is 6.79 Å². The van der Waals surface area contributed by atoms with Gasteiger partial charge in [-0.05, 0) is 6.92 Å². The molecule has 0 atom stereocenters. The number of hydrogen-bond acceptors (Lipinski definition) is 4. The maximum absolute atomic E-state index is 10.3. The SMILES string of the molecule is CC(=O)CC(=O)OCO. The Balaban J connectivity index is 3.39. The van der Waals surface area contributed by atoms with Crippen LogP contribution in [-0.4, -0.2) is 23.7 Å². The molecule has 0 aliphatic carbocycles. The quantitative estimate of drug-likeness (QED) is 0.318. The first-order chi connectivity index (χ1) is 4.16. The van der Waals surface area contributed by atoms with Crippen LogP contribution in [0.3, 0.4) is 0 Å². The van der Waals surface area contributed by atoms with Gasteiger partial charge in [-0.15, -0.1) is 0 Å². The fraction of sp³-hybridized carbons (Fsp3) is 0.600. The molecule has 0 heterocycles. The van der Waals surface area contributed by atoms with Gasteiger partial charge in [-0.25, -0.2) is 0 Å². The molecule has 9 heavy (non-hydrogen) atoms. The number of ether oxygens (including phenoxy) is 1. The van der Waals surface area contributed by atoms with Crippen molar-refractivity contribution in [2.24, 2.45) is 0 Å². The lowest BCUT2D eigenvalue weighted by atomic mass is 10.3. The first kappa shape index (κ1) is 8.10. The third kappa shape index (κ3) is 4.96. The number of hydrogen-bond donors (Lipinski definition) is 1. The first-order valence-electron chi connectivity index (χ1n) is 2.42. The Hall–Kier alpha value is -0.900. The number of carbonyl (C=O) groups excluding carboxylic acids is 2. The maximum atomic E-state index is 10.3. The Bertz CT molecular complexity index is 118. The summed E-state index contributed by atoms with van der Waals surface area (Å²) in [6.45, 7) is 0.616. The smallest absolute Gasteiger partial charge is 0.315 e. The molecular weight excluding hydrogens is 124 g/mol. The summed E-state index contributed by atoms with van der Waals surface area (Å²) in [6.07, 6.45) is -0.263. The fourth-order valence-corrected chi connectivity index (χ4v) is 0.326. The van der Waals surface area contributed by atoms with Gasteiger partial charge in [0.15, 0.2) is 6.79 Å². The van der Waals surface area contributed by atoms with E-state index in [0.717, 1.165) is 0 Å². The van der Waals surface area contributed by atoms with Gasteiger partial charge < -0.3 is 9.84 Å². The largest absolute Gasteiger partial charge is 0.438 e. The van der Waals surface area contributed by atoms with E-state index in [0.29, 0.717) is 0 Å². The molecule has 0 amide bonds. The van der Waals surface area contributed by atoms with E-state index < -0.39 is 12.8 Å². The van der Waals surface area contributed by atoms with Crippen molar-refractivity contribution in [3.05, 3.63) is 0 Å². The highest BCUT2D eigenvalue weighted by atomic mass is 16.6. The molecule has 0 aromatic heterocycles. The molecule has 0 bridgehead atoms. The zero-order valence-corrected chi connectivity index (χ0v) is 5.09. The minimum atomic E-state index is -0.690. The summed E-state index contributed by atoms with van der Waals surface area (Å²) < 4.78 is 4.05. The van der Waals surface area contributed by atoms with Gasteiger partial charge in [0.1, 0.15) is 12.2 Å². The van der Waals surface area contributed by atoms with Gasteiger partial charge in [0.2, 0.25) is 0 Å². The van der Waals surface area contributed by atoms with Gasteiger partial charge in [-0.1, -0.05) is 0 Å². The average Bonchev–Trinajstić information content (AvgIpc) is 1.63. The highest BCUT2D eigenvalue weighted by Crippen LogP contribution is 1.85. The summed E-state index contributed by atoms with van der Waals surface area (Å²) in [5.74, 6) is -0.960. The van der Waals surface area contributed by atoms with Crippen LogP contribution in [0.15, 0.2) is 0 Å². The van der Waals surface area contributed by atoms with E-state index in [2.05, 4.69) is 4.74 Å². The predicted molar refractivity (Wildman–Crippen MR) is 28.5 cm³/mol. The Labute approximate surface area is 52.4 Å². The molecule has 0 fully saturated rings. The van der Waals surface area contributed by atoms with Crippen molar-refractivity contribution < 1.29 is 19.4 Å². The molecule has 0 aliphatic heterocycles. The molecule has 4 nitrogen and oxygen atoms in total. The van der Waals surface area contributed by atoms with Crippen LogP contribution in [0.1, 0.15) is 13.3 Å². The number of aliphatic hydroxyl groups is 1. The molecule has 52 valence electrons. The summed E-state index contributed by atoms with van der Waals surface area (Å²) in [7, 11) is 0. The van der Waals surface area contributed by atoms with Crippen LogP contribution in [0.25, 0.3) is 0 Å². The maximum Gasteiger partial charge on any atom is 0.315 e. The van der Waals surface area contributed by atoms with Crippen molar-refractivity contribution in [3.8, 4) is 0 Å². The van der Waals surface area contributed by atoms with Gasteiger partial charge in [-0.3, -0.25) is 9.59 Å². The minimum Gasteiger partial charge on any atom is -0.438 e. The van der Waals surface area contributed by atoms with Crippen LogP contribution in [0, 0.1) is 0 Å². The second-order valence-electron chi connectivity index (χ2n) is 1.52. The van der Waals surface area contributed by atoms with Crippen LogP contribution >= 0.6 is 0 Å². The molecule has 0 rings (SSSR count). The number of carbonyl (C=O) groups is 2. The van der Waals surface area contributed by atoms with E-state index in [9.17, 15) is 9.59 Å². The predicted octanol–water partition coefficient (Wildman–Crippen LogP) is -0.542. The molecule has 0 spiro atoms. The number of ketones is 1. The Kier molecular flexibility index (Phi) is 3.62. The molecule has 1 N–H and O–H groups in total. The van der Waals surface area contributed by atoms with Crippen LogP contribution in [0.4, 0.5) is 0 Å². The zero-order valence-electron chi connectivity index (χ0n) is 5.09. The van der Waals surface area contributed by atoms with Crippen LogP contribution in [0.5, 0.6) is 0 Å². The summed E-state index contributed by atoms with van der Waals surface area (Å²) in [6, 6.07) is 0. The third-order valence-corrected chi connectivity index (χ3v) is 0.619. The van der Waals surface area contributed by atoms with E-state index in [1.807, 2.05) is 0 Å². The number of esters is 1. The van der Waals surface area contributed by atoms with Gasteiger partial charge in [0, 0.05) is 0 Å². The van der Waals surface area contributed by atoms with Crippen LogP contribution in [0.2, 0.25) is 0 Å². The summed E-state index contributed by atoms with van der Waals surface area (Å²) in [5.41, 5.74) is 0. The zero-order chi connectivity index (χ0) is 7.28. The van der Waals surface area contributed by atoms with E-state index in [-0.39, 0.29) is 12.2 Å². The monoisotopic (exact) mass is 132 g/mol. The average molecular weight is 132 g/mol. The Morgan fingerprint density at radius 2 is 2.11 bits per heavy atom. The van der Waals surface area contributed by atoms with Crippen molar-refractivity contribution in [1.82, 2.24) is 0 Å². The number of aliphatic hydroxyl groups excluding tert-OH is 1. The van der Waals surface area contributed by atoms with E-state index in [1.165, 1.54) is 6.92 Å². The molecule has 0 aromatic rings. The van der Waals surface area contributed by atoms with Gasteiger partial charge in [-0.2, -0.15) is 0 Å². The van der Waals surface area contributed by atoms with Crippen molar-refractivity contribution in [3.63, 3.8) is 0 Å². The Morgan fingerprint density at radius 3 is 2.44 bits per heavy atom. The second kappa shape index (κ2) is 4.03. The van der Waals surface area contributed by atoms with Crippen molar-refractivity contribution in [1.29, 1.82) is 0 Å². The molecule has 0 saturated carbocycles. The summed E-state index contributed by atoms with van der Waals surface area (Å²) in [5, 5.41) is 8.00. The molecular formula is C5H8O4. The standard InChI is InChI=1S/C5H8O4/c1-4(7)2-5(8)9-3-6/h6H,2-3H2,1H3. The van der Waals surface area contributed by atoms with Gasteiger partial charge in [0.25, 0.3) is 0 Å². The van der Waals surface area contributed by atoms with Crippen molar-refractivity contribution in [2.45, 2.75) is 13.3 Å². The normalized spacial score (nSPS) is 8.67. The van der Waals surface area contributed by atoms with E-state index in [4.69, 9.17) is 5.11 Å². The minimum absolute atomic E-state index is 0.263. The lowest BCUT2D eigenvalue weighted by Gasteiger charge is -1.95. The molecule has 0 saturated heterocycles. The van der Waals surface area contributed by atoms with E-state index in [1.54, 1.807) is 0 Å². The summed E-state index contributed by atoms with van der Waals surface area (Å²) in [4.78, 5) is 20.4. The lowest BCUT2D eigenvalue weighted by molar-refractivity contribution is -0.153. The summed E-state index contributed by atoms with van der Waals surface area (Å²) >= 11 is 0. The molecule has 4 heteroatoms. The highest BCUT2D eigenvalue weighted by molar-refractivity contribution is 5.94. The van der Waals surface area contributed by atoms with Crippen molar-refractivity contribution >= 4 is 11.8 Å². The highest BCUT2D eigenvalue weighted by Gasteiger charge is 2.03. The first-order valence-corrected chi connectivity index (χ1v) is 2.42. The topological polar surface area (TPSA) is 63.6 Å². The molecule has 0 aliphatic rings. The van der Waals surface area contributed by atoms with Crippen LogP contribution in [-0.2, 0) is 14.3 Å². The van der Waals surface area contributed by atoms with Gasteiger partial charge >= 0.3 is 5.97 Å². The molecule has 0 radical (unpaired) electrons. The van der Waals surface area contributed by atoms with Gasteiger partial charge in [0.05, 0.1) is 0 Å². The fourth-order valence-electron chi connectivity index (χ4n) is 0.326.